The van der Waals surface area contributed by atoms with E-state index >= 15 is 0 Å². The van der Waals surface area contributed by atoms with Crippen LogP contribution in [0.15, 0.2) is 54.9 Å². The van der Waals surface area contributed by atoms with Crippen molar-refractivity contribution < 1.29 is 9.53 Å². The van der Waals surface area contributed by atoms with Crippen LogP contribution >= 0.6 is 11.6 Å². The van der Waals surface area contributed by atoms with Crippen molar-refractivity contribution in [3.63, 3.8) is 0 Å². The van der Waals surface area contributed by atoms with Gasteiger partial charge in [0.05, 0.1) is 12.6 Å². The van der Waals surface area contributed by atoms with Gasteiger partial charge in [-0.3, -0.25) is 4.90 Å². The largest absolute Gasteiger partial charge is 0.468 e. The summed E-state index contributed by atoms with van der Waals surface area (Å²) in [7, 11) is 1.41. The van der Waals surface area contributed by atoms with Crippen LogP contribution in [-0.2, 0) is 9.53 Å². The highest BCUT2D eigenvalue weighted by Crippen LogP contribution is 2.31. The Balaban J connectivity index is 1.57. The van der Waals surface area contributed by atoms with E-state index in [4.69, 9.17) is 16.3 Å². The molecule has 0 unspecified atom stereocenters. The topological polar surface area (TPSA) is 58.6 Å². The average molecular weight is 397 g/mol. The number of carbonyl (C=O) groups excluding carboxylic acids is 1. The van der Waals surface area contributed by atoms with Crippen molar-refractivity contribution in [2.75, 3.05) is 38.2 Å². The summed E-state index contributed by atoms with van der Waals surface area (Å²) < 4.78 is 5.07. The van der Waals surface area contributed by atoms with Crippen molar-refractivity contribution in [1.29, 1.82) is 0 Å². The van der Waals surface area contributed by atoms with Crippen LogP contribution in [0, 0.1) is 0 Å². The number of hydrogen-bond acceptors (Lipinski definition) is 6. The summed E-state index contributed by atoms with van der Waals surface area (Å²) in [6.07, 6.45) is 1.60. The zero-order valence-electron chi connectivity index (χ0n) is 15.6. The molecule has 2 aromatic carbocycles. The first kappa shape index (κ1) is 18.7. The van der Waals surface area contributed by atoms with Gasteiger partial charge in [-0.25, -0.2) is 14.8 Å². The van der Waals surface area contributed by atoms with Gasteiger partial charge in [-0.2, -0.15) is 0 Å². The molecule has 0 aliphatic carbocycles. The van der Waals surface area contributed by atoms with E-state index in [-0.39, 0.29) is 5.97 Å². The molecule has 1 saturated heterocycles. The molecule has 0 spiro atoms. The molecule has 1 aromatic heterocycles. The molecule has 6 nitrogen and oxygen atoms in total. The van der Waals surface area contributed by atoms with E-state index in [2.05, 4.69) is 19.8 Å². The smallest absolute Gasteiger partial charge is 0.327 e. The van der Waals surface area contributed by atoms with Crippen LogP contribution in [0.4, 0.5) is 5.82 Å². The van der Waals surface area contributed by atoms with Crippen LogP contribution in [0.2, 0.25) is 5.02 Å². The molecule has 0 radical (unpaired) electrons. The lowest BCUT2D eigenvalue weighted by atomic mass is 10.0. The maximum atomic E-state index is 12.5. The second-order valence-electron chi connectivity index (χ2n) is 6.68. The minimum atomic E-state index is -0.511. The molecule has 1 fully saturated rings. The fourth-order valence-corrected chi connectivity index (χ4v) is 3.95. The van der Waals surface area contributed by atoms with Gasteiger partial charge >= 0.3 is 5.97 Å². The van der Waals surface area contributed by atoms with Crippen molar-refractivity contribution in [3.8, 4) is 0 Å². The fraction of sp³-hybridized carbons (Fsp3) is 0.286. The third kappa shape index (κ3) is 3.53. The molecule has 7 heteroatoms. The minimum Gasteiger partial charge on any atom is -0.468 e. The first-order valence-corrected chi connectivity index (χ1v) is 9.58. The monoisotopic (exact) mass is 396 g/mol. The normalized spacial score (nSPS) is 16.1. The number of para-hydroxylation sites is 1. The Kier molecular flexibility index (Phi) is 5.41. The number of hydrogen-bond donors (Lipinski definition) is 0. The number of methoxy groups -OCH3 is 1. The Morgan fingerprint density at radius 2 is 1.75 bits per heavy atom. The van der Waals surface area contributed by atoms with E-state index in [9.17, 15) is 4.79 Å². The van der Waals surface area contributed by atoms with Crippen LogP contribution in [0.3, 0.4) is 0 Å². The zero-order chi connectivity index (χ0) is 19.5. The first-order valence-electron chi connectivity index (χ1n) is 9.20. The number of anilines is 1. The Hall–Kier alpha value is -2.70. The molecular weight excluding hydrogens is 376 g/mol. The minimum absolute atomic E-state index is 0.297. The van der Waals surface area contributed by atoms with Gasteiger partial charge in [0.25, 0.3) is 0 Å². The highest BCUT2D eigenvalue weighted by atomic mass is 35.5. The van der Waals surface area contributed by atoms with Gasteiger partial charge in [0.2, 0.25) is 0 Å². The maximum Gasteiger partial charge on any atom is 0.327 e. The zero-order valence-corrected chi connectivity index (χ0v) is 16.3. The number of ether oxygens (including phenoxy) is 1. The predicted molar refractivity (Wildman–Crippen MR) is 110 cm³/mol. The number of carbonyl (C=O) groups is 1. The molecule has 1 aliphatic heterocycles. The molecule has 1 aliphatic rings. The lowest BCUT2D eigenvalue weighted by Crippen LogP contribution is -2.49. The Morgan fingerprint density at radius 3 is 2.50 bits per heavy atom. The summed E-state index contributed by atoms with van der Waals surface area (Å²) >= 11 is 6.37. The predicted octanol–water partition coefficient (Wildman–Crippen LogP) is 3.32. The number of esters is 1. The fourth-order valence-electron chi connectivity index (χ4n) is 3.72. The molecule has 3 aromatic rings. The van der Waals surface area contributed by atoms with E-state index < -0.39 is 6.04 Å². The molecule has 0 amide bonds. The van der Waals surface area contributed by atoms with Crippen LogP contribution in [0.25, 0.3) is 10.9 Å². The lowest BCUT2D eigenvalue weighted by Gasteiger charge is -2.39. The lowest BCUT2D eigenvalue weighted by molar-refractivity contribution is -0.147. The number of fused-ring (bicyclic) bond motifs is 1. The van der Waals surface area contributed by atoms with Crippen molar-refractivity contribution in [2.24, 2.45) is 0 Å². The summed E-state index contributed by atoms with van der Waals surface area (Å²) in [5.41, 5.74) is 1.70. The Bertz CT molecular complexity index is 984. The third-order valence-electron chi connectivity index (χ3n) is 5.12. The van der Waals surface area contributed by atoms with E-state index in [1.165, 1.54) is 7.11 Å². The number of rotatable bonds is 4. The molecule has 144 valence electrons. The number of nitrogens with zero attached hydrogens (tertiary/aromatic N) is 4. The van der Waals surface area contributed by atoms with Gasteiger partial charge in [0.1, 0.15) is 18.2 Å². The standard InChI is InChI=1S/C21H21ClN4O2/c1-28-21(27)19(15-6-2-4-8-17(15)22)25-10-12-26(13-11-25)20-16-7-3-5-9-18(16)23-14-24-20/h2-9,14,19H,10-13H2,1H3/t19-/m0/s1. The molecule has 28 heavy (non-hydrogen) atoms. The van der Waals surface area contributed by atoms with Gasteiger partial charge in [-0.1, -0.05) is 41.9 Å². The van der Waals surface area contributed by atoms with Crippen LogP contribution < -0.4 is 4.90 Å². The summed E-state index contributed by atoms with van der Waals surface area (Å²) in [6, 6.07) is 14.9. The quantitative estimate of drug-likeness (QED) is 0.630. The second kappa shape index (κ2) is 8.12. The van der Waals surface area contributed by atoms with E-state index in [0.717, 1.165) is 35.4 Å². The Labute approximate surface area is 168 Å². The summed E-state index contributed by atoms with van der Waals surface area (Å²) in [4.78, 5) is 25.7. The first-order chi connectivity index (χ1) is 13.7. The summed E-state index contributed by atoms with van der Waals surface area (Å²) in [5, 5.41) is 1.61. The molecule has 0 bridgehead atoms. The third-order valence-corrected chi connectivity index (χ3v) is 5.47. The Morgan fingerprint density at radius 1 is 1.04 bits per heavy atom. The van der Waals surface area contributed by atoms with Crippen LogP contribution in [-0.4, -0.2) is 54.1 Å². The van der Waals surface area contributed by atoms with E-state index in [0.29, 0.717) is 18.1 Å². The molecule has 0 N–H and O–H groups in total. The van der Waals surface area contributed by atoms with Crippen molar-refractivity contribution in [3.05, 3.63) is 65.4 Å². The molecular formula is C21H21ClN4O2. The van der Waals surface area contributed by atoms with Gasteiger partial charge < -0.3 is 9.64 Å². The number of benzene rings is 2. The average Bonchev–Trinajstić information content (AvgIpc) is 2.75. The summed E-state index contributed by atoms with van der Waals surface area (Å²) in [5.74, 6) is 0.631. The molecule has 0 saturated carbocycles. The molecule has 4 rings (SSSR count). The maximum absolute atomic E-state index is 12.5. The van der Waals surface area contributed by atoms with Crippen molar-refractivity contribution in [2.45, 2.75) is 6.04 Å². The van der Waals surface area contributed by atoms with E-state index in [1.54, 1.807) is 12.4 Å². The van der Waals surface area contributed by atoms with Crippen molar-refractivity contribution >= 4 is 34.3 Å². The number of piperazine rings is 1. The molecule has 1 atom stereocenters. The molecule has 2 heterocycles. The SMILES string of the molecule is COC(=O)[C@H](c1ccccc1Cl)N1CCN(c2ncnc3ccccc23)CC1. The van der Waals surface area contributed by atoms with Gasteiger partial charge in [-0.15, -0.1) is 0 Å². The second-order valence-corrected chi connectivity index (χ2v) is 7.09. The van der Waals surface area contributed by atoms with Crippen LogP contribution in [0.5, 0.6) is 0 Å². The highest BCUT2D eigenvalue weighted by molar-refractivity contribution is 6.31. The number of aromatic nitrogens is 2. The van der Waals surface area contributed by atoms with Gasteiger partial charge in [-0.05, 0) is 23.8 Å². The van der Waals surface area contributed by atoms with Crippen molar-refractivity contribution in [1.82, 2.24) is 14.9 Å². The number of halogens is 1. The van der Waals surface area contributed by atoms with Crippen LogP contribution in [0.1, 0.15) is 11.6 Å². The summed E-state index contributed by atoms with van der Waals surface area (Å²) in [6.45, 7) is 2.89. The van der Waals surface area contributed by atoms with Gasteiger partial charge in [0.15, 0.2) is 0 Å². The van der Waals surface area contributed by atoms with E-state index in [1.807, 2.05) is 42.5 Å². The van der Waals surface area contributed by atoms with Gasteiger partial charge in [0, 0.05) is 36.6 Å². The highest BCUT2D eigenvalue weighted by Gasteiger charge is 2.33.